The van der Waals surface area contributed by atoms with Gasteiger partial charge in [0.25, 0.3) is 0 Å². The Balaban J connectivity index is 1.20. The van der Waals surface area contributed by atoms with Crippen molar-refractivity contribution in [3.8, 4) is 0 Å². The Hall–Kier alpha value is -0.840. The van der Waals surface area contributed by atoms with E-state index in [0.717, 1.165) is 43.3 Å². The van der Waals surface area contributed by atoms with Crippen LogP contribution in [0.5, 0.6) is 0 Å². The van der Waals surface area contributed by atoms with E-state index in [1.807, 2.05) is 12.5 Å². The number of nitrogens with two attached hydrogens (primary N) is 1. The van der Waals surface area contributed by atoms with E-state index >= 15 is 0 Å². The van der Waals surface area contributed by atoms with Gasteiger partial charge < -0.3 is 19.6 Å². The van der Waals surface area contributed by atoms with Crippen LogP contribution in [-0.2, 0) is 9.47 Å². The second-order valence-electron chi connectivity index (χ2n) is 11.9. The first-order valence-corrected chi connectivity index (χ1v) is 13.5. The van der Waals surface area contributed by atoms with Crippen LogP contribution in [0.15, 0.2) is 23.0 Å². The van der Waals surface area contributed by atoms with Crippen LogP contribution in [0.3, 0.4) is 0 Å². The zero-order valence-corrected chi connectivity index (χ0v) is 20.4. The minimum Gasteiger partial charge on any atom is -0.472 e. The lowest BCUT2D eigenvalue weighted by molar-refractivity contribution is -0.133. The maximum atomic E-state index is 6.27. The molecule has 8 atom stereocenters. The molecule has 0 aromatic carbocycles. The molecule has 180 valence electrons. The number of furan rings is 1. The Kier molecular flexibility index (Phi) is 6.75. The lowest BCUT2D eigenvalue weighted by Crippen LogP contribution is -2.53. The van der Waals surface area contributed by atoms with Crippen molar-refractivity contribution in [2.45, 2.75) is 90.1 Å². The van der Waals surface area contributed by atoms with E-state index in [1.54, 1.807) is 0 Å². The molecule has 1 aromatic heterocycles. The number of rotatable bonds is 8. The fraction of sp³-hybridized carbons (Fsp3) is 0.857. The van der Waals surface area contributed by atoms with E-state index in [2.05, 4.69) is 19.9 Å². The van der Waals surface area contributed by atoms with Gasteiger partial charge in [0.15, 0.2) is 0 Å². The molecule has 4 fully saturated rings. The second-order valence-corrected chi connectivity index (χ2v) is 11.9. The molecule has 1 aromatic rings. The van der Waals surface area contributed by atoms with Gasteiger partial charge in [-0.3, -0.25) is 0 Å². The molecule has 0 spiro atoms. The highest BCUT2D eigenvalue weighted by molar-refractivity contribution is 5.22. The SMILES string of the molecule is C[C@]12CC[C@H](OCCOCCCN)C[C@H]1CC[C@@H]1[C@@H]2CC[C@]2(C)[C@@H](c3ccoc3)CC[C@@H]12. The van der Waals surface area contributed by atoms with Crippen molar-refractivity contribution in [1.29, 1.82) is 0 Å². The smallest absolute Gasteiger partial charge is 0.0937 e. The molecule has 4 nitrogen and oxygen atoms in total. The first-order chi connectivity index (χ1) is 15.6. The molecular weight excluding hydrogens is 398 g/mol. The van der Waals surface area contributed by atoms with Gasteiger partial charge in [0.05, 0.1) is 31.8 Å². The minimum atomic E-state index is 0.438. The fourth-order valence-electron chi connectivity index (χ4n) is 8.95. The number of hydrogen-bond acceptors (Lipinski definition) is 4. The van der Waals surface area contributed by atoms with Crippen LogP contribution in [0, 0.1) is 34.5 Å². The van der Waals surface area contributed by atoms with Crippen molar-refractivity contribution in [3.63, 3.8) is 0 Å². The summed E-state index contributed by atoms with van der Waals surface area (Å²) in [6.45, 7) is 8.19. The summed E-state index contributed by atoms with van der Waals surface area (Å²) in [4.78, 5) is 0. The van der Waals surface area contributed by atoms with E-state index in [4.69, 9.17) is 19.6 Å². The second kappa shape index (κ2) is 9.43. The van der Waals surface area contributed by atoms with Gasteiger partial charge in [0, 0.05) is 6.61 Å². The van der Waals surface area contributed by atoms with Crippen LogP contribution in [-0.4, -0.2) is 32.5 Å². The molecule has 4 heteroatoms. The summed E-state index contributed by atoms with van der Waals surface area (Å²) < 4.78 is 17.4. The Morgan fingerprint density at radius 3 is 2.62 bits per heavy atom. The maximum absolute atomic E-state index is 6.27. The summed E-state index contributed by atoms with van der Waals surface area (Å²) in [6.07, 6.45) is 17.6. The normalized spacial score (nSPS) is 43.5. The van der Waals surface area contributed by atoms with Gasteiger partial charge >= 0.3 is 0 Å². The number of hydrogen-bond donors (Lipinski definition) is 1. The monoisotopic (exact) mass is 443 g/mol. The molecule has 2 N–H and O–H groups in total. The third-order valence-electron chi connectivity index (χ3n) is 10.6. The molecule has 32 heavy (non-hydrogen) atoms. The highest BCUT2D eigenvalue weighted by Crippen LogP contribution is 2.69. The third kappa shape index (κ3) is 3.99. The zero-order valence-electron chi connectivity index (χ0n) is 20.4. The van der Waals surface area contributed by atoms with Gasteiger partial charge in [-0.25, -0.2) is 0 Å². The fourth-order valence-corrected chi connectivity index (χ4v) is 8.95. The van der Waals surface area contributed by atoms with Crippen molar-refractivity contribution >= 4 is 0 Å². The van der Waals surface area contributed by atoms with Crippen LogP contribution in [0.25, 0.3) is 0 Å². The van der Waals surface area contributed by atoms with Crippen LogP contribution in [0.1, 0.15) is 89.5 Å². The summed E-state index contributed by atoms with van der Waals surface area (Å²) in [5.41, 5.74) is 7.98. The maximum Gasteiger partial charge on any atom is 0.0937 e. The van der Waals surface area contributed by atoms with Crippen molar-refractivity contribution in [2.24, 2.45) is 40.2 Å². The molecule has 0 saturated heterocycles. The third-order valence-corrected chi connectivity index (χ3v) is 10.6. The van der Waals surface area contributed by atoms with Crippen molar-refractivity contribution < 1.29 is 13.9 Å². The molecule has 0 amide bonds. The van der Waals surface area contributed by atoms with Crippen molar-refractivity contribution in [2.75, 3.05) is 26.4 Å². The molecule has 4 aliphatic carbocycles. The van der Waals surface area contributed by atoms with Crippen molar-refractivity contribution in [3.05, 3.63) is 24.2 Å². The number of ether oxygens (including phenoxy) is 2. The molecule has 0 radical (unpaired) electrons. The minimum absolute atomic E-state index is 0.438. The summed E-state index contributed by atoms with van der Waals surface area (Å²) >= 11 is 0. The lowest BCUT2D eigenvalue weighted by atomic mass is 9.44. The Bertz CT molecular complexity index is 735. The highest BCUT2D eigenvalue weighted by Gasteiger charge is 2.60. The zero-order chi connectivity index (χ0) is 22.2. The van der Waals surface area contributed by atoms with E-state index in [0.29, 0.717) is 36.0 Å². The molecule has 0 aliphatic heterocycles. The summed E-state index contributed by atoms with van der Waals surface area (Å²) in [5.74, 6) is 4.30. The van der Waals surface area contributed by atoms with Crippen LogP contribution in [0.4, 0.5) is 0 Å². The number of fused-ring (bicyclic) bond motifs is 5. The topological polar surface area (TPSA) is 57.6 Å². The van der Waals surface area contributed by atoms with Gasteiger partial charge in [-0.05, 0) is 123 Å². The van der Waals surface area contributed by atoms with Gasteiger partial charge in [0.1, 0.15) is 0 Å². The average molecular weight is 444 g/mol. The molecular formula is C28H45NO3. The van der Waals surface area contributed by atoms with Gasteiger partial charge in [-0.15, -0.1) is 0 Å². The molecule has 0 unspecified atom stereocenters. The van der Waals surface area contributed by atoms with Gasteiger partial charge in [-0.1, -0.05) is 13.8 Å². The van der Waals surface area contributed by atoms with E-state index in [-0.39, 0.29) is 0 Å². The van der Waals surface area contributed by atoms with E-state index in [9.17, 15) is 0 Å². The van der Waals surface area contributed by atoms with E-state index < -0.39 is 0 Å². The Morgan fingerprint density at radius 1 is 0.969 bits per heavy atom. The summed E-state index contributed by atoms with van der Waals surface area (Å²) in [5, 5.41) is 0. The predicted molar refractivity (Wildman–Crippen MR) is 127 cm³/mol. The largest absolute Gasteiger partial charge is 0.472 e. The van der Waals surface area contributed by atoms with Gasteiger partial charge in [0.2, 0.25) is 0 Å². The Labute approximate surface area is 195 Å². The Morgan fingerprint density at radius 2 is 1.81 bits per heavy atom. The molecule has 1 heterocycles. The summed E-state index contributed by atoms with van der Waals surface area (Å²) in [6, 6.07) is 2.23. The van der Waals surface area contributed by atoms with Crippen LogP contribution < -0.4 is 5.73 Å². The standard InChI is InChI=1S/C28H45NO3/c1-27-11-8-22(32-17-16-30-14-3-13-29)18-21(27)4-5-23-25-7-6-24(20-10-15-31-19-20)28(25,2)12-9-26(23)27/h10,15,19,21-26H,3-9,11-14,16-18,29H2,1-2H3/t21-,22+,23+,24-,25+,26+,27+,28-/m1/s1. The highest BCUT2D eigenvalue weighted by atomic mass is 16.5. The van der Waals surface area contributed by atoms with Crippen LogP contribution in [0.2, 0.25) is 0 Å². The molecule has 4 aliphatic rings. The van der Waals surface area contributed by atoms with Gasteiger partial charge in [-0.2, -0.15) is 0 Å². The molecule has 0 bridgehead atoms. The predicted octanol–water partition coefficient (Wildman–Crippen LogP) is 6.16. The molecule has 5 rings (SSSR count). The average Bonchev–Trinajstić information content (AvgIpc) is 3.43. The first kappa shape index (κ1) is 22.9. The summed E-state index contributed by atoms with van der Waals surface area (Å²) in [7, 11) is 0. The first-order valence-electron chi connectivity index (χ1n) is 13.5. The van der Waals surface area contributed by atoms with E-state index in [1.165, 1.54) is 63.4 Å². The van der Waals surface area contributed by atoms with Crippen molar-refractivity contribution in [1.82, 2.24) is 0 Å². The quantitative estimate of drug-likeness (QED) is 0.489. The van der Waals surface area contributed by atoms with Crippen LogP contribution >= 0.6 is 0 Å². The molecule has 4 saturated carbocycles. The lowest BCUT2D eigenvalue weighted by Gasteiger charge is -2.61.